The molecule has 1 atom stereocenters. The quantitative estimate of drug-likeness (QED) is 0.770. The summed E-state index contributed by atoms with van der Waals surface area (Å²) in [5.41, 5.74) is 6.94. The third-order valence-electron chi connectivity index (χ3n) is 3.25. The molecular formula is C15H26N2O. The zero-order chi connectivity index (χ0) is 13.4. The summed E-state index contributed by atoms with van der Waals surface area (Å²) in [4.78, 5) is 2.35. The maximum absolute atomic E-state index is 5.61. The molecule has 0 aliphatic carbocycles. The lowest BCUT2D eigenvalue weighted by molar-refractivity contribution is 0.308. The van der Waals surface area contributed by atoms with Crippen molar-refractivity contribution in [3.8, 4) is 5.75 Å². The molecule has 1 aromatic carbocycles. The summed E-state index contributed by atoms with van der Waals surface area (Å²) in [6, 6.07) is 8.27. The van der Waals surface area contributed by atoms with E-state index >= 15 is 0 Å². The van der Waals surface area contributed by atoms with Crippen LogP contribution in [0.3, 0.4) is 0 Å². The minimum Gasteiger partial charge on any atom is -0.497 e. The van der Waals surface area contributed by atoms with Gasteiger partial charge in [-0.1, -0.05) is 19.1 Å². The highest BCUT2D eigenvalue weighted by Crippen LogP contribution is 2.13. The maximum atomic E-state index is 5.61. The molecule has 0 saturated heterocycles. The van der Waals surface area contributed by atoms with Crippen LogP contribution in [0.25, 0.3) is 0 Å². The zero-order valence-corrected chi connectivity index (χ0v) is 11.9. The minimum atomic E-state index is 0.638. The van der Waals surface area contributed by atoms with E-state index in [1.807, 2.05) is 12.1 Å². The number of rotatable bonds is 8. The Labute approximate surface area is 111 Å². The number of hydrogen-bond acceptors (Lipinski definition) is 3. The Hall–Kier alpha value is -1.06. The molecule has 0 aliphatic rings. The molecule has 3 heteroatoms. The summed E-state index contributed by atoms with van der Waals surface area (Å²) in [5.74, 6) is 1.55. The van der Waals surface area contributed by atoms with Crippen molar-refractivity contribution < 1.29 is 4.74 Å². The van der Waals surface area contributed by atoms with Gasteiger partial charge in [-0.05, 0) is 56.6 Å². The van der Waals surface area contributed by atoms with Crippen LogP contribution < -0.4 is 10.5 Å². The summed E-state index contributed by atoms with van der Waals surface area (Å²) in [5, 5.41) is 0. The van der Waals surface area contributed by atoms with Crippen LogP contribution >= 0.6 is 0 Å². The molecule has 0 fully saturated rings. The van der Waals surface area contributed by atoms with Gasteiger partial charge in [0, 0.05) is 6.54 Å². The topological polar surface area (TPSA) is 38.5 Å². The summed E-state index contributed by atoms with van der Waals surface area (Å²) in [6.45, 7) is 5.11. The molecule has 0 radical (unpaired) electrons. The fraction of sp³-hybridized carbons (Fsp3) is 0.600. The molecule has 1 unspecified atom stereocenters. The van der Waals surface area contributed by atoms with Gasteiger partial charge in [0.25, 0.3) is 0 Å². The van der Waals surface area contributed by atoms with E-state index in [2.05, 4.69) is 31.0 Å². The number of nitrogens with zero attached hydrogens (tertiary/aromatic N) is 1. The number of nitrogens with two attached hydrogens (primary N) is 1. The second kappa shape index (κ2) is 8.11. The Kier molecular flexibility index (Phi) is 6.76. The van der Waals surface area contributed by atoms with Gasteiger partial charge in [0.15, 0.2) is 0 Å². The molecular weight excluding hydrogens is 224 g/mol. The predicted molar refractivity (Wildman–Crippen MR) is 76.8 cm³/mol. The predicted octanol–water partition coefficient (Wildman–Crippen LogP) is 2.50. The molecule has 1 aromatic rings. The monoisotopic (exact) mass is 250 g/mol. The molecule has 18 heavy (non-hydrogen) atoms. The average molecular weight is 250 g/mol. The van der Waals surface area contributed by atoms with Gasteiger partial charge in [-0.2, -0.15) is 0 Å². The molecule has 102 valence electrons. The van der Waals surface area contributed by atoms with Crippen molar-refractivity contribution in [1.82, 2.24) is 4.90 Å². The van der Waals surface area contributed by atoms with E-state index in [4.69, 9.17) is 10.5 Å². The van der Waals surface area contributed by atoms with Crippen molar-refractivity contribution in [2.24, 2.45) is 11.7 Å². The Bertz CT molecular complexity index is 324. The van der Waals surface area contributed by atoms with Crippen LogP contribution in [0.1, 0.15) is 25.3 Å². The van der Waals surface area contributed by atoms with Gasteiger partial charge in [-0.25, -0.2) is 0 Å². The van der Waals surface area contributed by atoms with Gasteiger partial charge < -0.3 is 15.4 Å². The first kappa shape index (κ1) is 15.0. The molecule has 0 aromatic heterocycles. The Morgan fingerprint density at radius 1 is 1.28 bits per heavy atom. The van der Waals surface area contributed by atoms with Gasteiger partial charge in [0.2, 0.25) is 0 Å². The van der Waals surface area contributed by atoms with Crippen LogP contribution in [0, 0.1) is 5.92 Å². The second-order valence-electron chi connectivity index (χ2n) is 5.07. The third-order valence-corrected chi connectivity index (χ3v) is 3.25. The van der Waals surface area contributed by atoms with E-state index in [-0.39, 0.29) is 0 Å². The van der Waals surface area contributed by atoms with Gasteiger partial charge in [0.05, 0.1) is 7.11 Å². The van der Waals surface area contributed by atoms with Gasteiger partial charge in [0.1, 0.15) is 5.75 Å². The number of methoxy groups -OCH3 is 1. The maximum Gasteiger partial charge on any atom is 0.118 e. The SMILES string of the molecule is COc1ccc(CN(C)CCCC(C)CN)cc1. The van der Waals surface area contributed by atoms with E-state index in [0.717, 1.165) is 25.4 Å². The van der Waals surface area contributed by atoms with Crippen LogP contribution in [0.2, 0.25) is 0 Å². The Balaban J connectivity index is 2.28. The largest absolute Gasteiger partial charge is 0.497 e. The van der Waals surface area contributed by atoms with Crippen molar-refractivity contribution in [3.05, 3.63) is 29.8 Å². The first-order valence-corrected chi connectivity index (χ1v) is 6.67. The van der Waals surface area contributed by atoms with Crippen LogP contribution in [0.4, 0.5) is 0 Å². The van der Waals surface area contributed by atoms with Crippen molar-refractivity contribution in [2.45, 2.75) is 26.3 Å². The standard InChI is InChI=1S/C15H26N2O/c1-13(11-16)5-4-10-17(2)12-14-6-8-15(18-3)9-7-14/h6-9,13H,4-5,10-12,16H2,1-3H3. The second-order valence-corrected chi connectivity index (χ2v) is 5.07. The molecule has 0 aliphatic heterocycles. The van der Waals surface area contributed by atoms with Crippen molar-refractivity contribution in [2.75, 3.05) is 27.2 Å². The normalized spacial score (nSPS) is 12.7. The molecule has 0 heterocycles. The van der Waals surface area contributed by atoms with Gasteiger partial charge in [-0.15, -0.1) is 0 Å². The van der Waals surface area contributed by atoms with Gasteiger partial charge in [-0.3, -0.25) is 0 Å². The van der Waals surface area contributed by atoms with E-state index in [1.165, 1.54) is 18.4 Å². The summed E-state index contributed by atoms with van der Waals surface area (Å²) < 4.78 is 5.15. The summed E-state index contributed by atoms with van der Waals surface area (Å²) >= 11 is 0. The Morgan fingerprint density at radius 3 is 2.50 bits per heavy atom. The molecule has 0 spiro atoms. The molecule has 3 nitrogen and oxygen atoms in total. The summed E-state index contributed by atoms with van der Waals surface area (Å²) in [6.07, 6.45) is 2.43. The first-order chi connectivity index (χ1) is 8.65. The smallest absolute Gasteiger partial charge is 0.118 e. The molecule has 2 N–H and O–H groups in total. The molecule has 0 saturated carbocycles. The van der Waals surface area contributed by atoms with Crippen molar-refractivity contribution in [3.63, 3.8) is 0 Å². The molecule has 0 bridgehead atoms. The zero-order valence-electron chi connectivity index (χ0n) is 11.9. The number of benzene rings is 1. The fourth-order valence-electron chi connectivity index (χ4n) is 1.95. The highest BCUT2D eigenvalue weighted by atomic mass is 16.5. The van der Waals surface area contributed by atoms with E-state index in [1.54, 1.807) is 7.11 Å². The number of hydrogen-bond donors (Lipinski definition) is 1. The fourth-order valence-corrected chi connectivity index (χ4v) is 1.95. The van der Waals surface area contributed by atoms with Crippen LogP contribution in [0.15, 0.2) is 24.3 Å². The van der Waals surface area contributed by atoms with Crippen LogP contribution in [-0.4, -0.2) is 32.1 Å². The van der Waals surface area contributed by atoms with Crippen molar-refractivity contribution >= 4 is 0 Å². The van der Waals surface area contributed by atoms with Crippen molar-refractivity contribution in [1.29, 1.82) is 0 Å². The minimum absolute atomic E-state index is 0.638. The molecule has 1 rings (SSSR count). The lowest BCUT2D eigenvalue weighted by Crippen LogP contribution is -2.20. The first-order valence-electron chi connectivity index (χ1n) is 6.67. The lowest BCUT2D eigenvalue weighted by atomic mass is 10.1. The third kappa shape index (κ3) is 5.52. The summed E-state index contributed by atoms with van der Waals surface area (Å²) in [7, 11) is 3.86. The van der Waals surface area contributed by atoms with E-state index in [0.29, 0.717) is 5.92 Å². The average Bonchev–Trinajstić information content (AvgIpc) is 2.39. The Morgan fingerprint density at radius 2 is 1.94 bits per heavy atom. The highest BCUT2D eigenvalue weighted by molar-refractivity contribution is 5.26. The highest BCUT2D eigenvalue weighted by Gasteiger charge is 2.03. The van der Waals surface area contributed by atoms with Crippen LogP contribution in [-0.2, 0) is 6.54 Å². The number of ether oxygens (including phenoxy) is 1. The van der Waals surface area contributed by atoms with Gasteiger partial charge >= 0.3 is 0 Å². The van der Waals surface area contributed by atoms with Crippen LogP contribution in [0.5, 0.6) is 5.75 Å². The molecule has 0 amide bonds. The van der Waals surface area contributed by atoms with E-state index < -0.39 is 0 Å². The lowest BCUT2D eigenvalue weighted by Gasteiger charge is -2.18. The van der Waals surface area contributed by atoms with E-state index in [9.17, 15) is 0 Å².